The van der Waals surface area contributed by atoms with Crippen molar-refractivity contribution in [2.45, 2.75) is 44.6 Å². The van der Waals surface area contributed by atoms with Gasteiger partial charge in [0.05, 0.1) is 18.8 Å². The van der Waals surface area contributed by atoms with Crippen LogP contribution < -0.4 is 0 Å². The number of amides is 1. The van der Waals surface area contributed by atoms with Gasteiger partial charge in [-0.15, -0.1) is 0 Å². The third kappa shape index (κ3) is 1.81. The molecular formula is C10H17NO4. The molecule has 2 atom stereocenters. The van der Waals surface area contributed by atoms with Gasteiger partial charge in [-0.05, 0) is 32.6 Å². The first kappa shape index (κ1) is 10.7. The van der Waals surface area contributed by atoms with Gasteiger partial charge in [0, 0.05) is 0 Å². The van der Waals surface area contributed by atoms with Crippen LogP contribution in [0.5, 0.6) is 0 Å². The van der Waals surface area contributed by atoms with E-state index in [9.17, 15) is 9.90 Å². The van der Waals surface area contributed by atoms with Crippen molar-refractivity contribution in [3.8, 4) is 0 Å². The molecule has 0 spiro atoms. The van der Waals surface area contributed by atoms with Crippen molar-refractivity contribution in [1.82, 2.24) is 4.90 Å². The standard InChI is InChI=1S/C10H17NO4/c1-10(2)11(9(13)14)7(5-15-10)8(12)6-3-4-6/h6-8,12H,3-5H2,1-2H3,(H,13,14)/t7-,8?/m0/s1. The molecule has 1 heterocycles. The number of aliphatic hydroxyl groups excluding tert-OH is 1. The van der Waals surface area contributed by atoms with Crippen molar-refractivity contribution in [1.29, 1.82) is 0 Å². The second-order valence-electron chi connectivity index (χ2n) is 4.81. The van der Waals surface area contributed by atoms with Crippen LogP contribution in [0.1, 0.15) is 26.7 Å². The monoisotopic (exact) mass is 215 g/mol. The summed E-state index contributed by atoms with van der Waals surface area (Å²) in [6.07, 6.45) is 0.377. The van der Waals surface area contributed by atoms with Gasteiger partial charge in [0.25, 0.3) is 0 Å². The summed E-state index contributed by atoms with van der Waals surface area (Å²) >= 11 is 0. The fraction of sp³-hybridized carbons (Fsp3) is 0.900. The Hall–Kier alpha value is -0.810. The molecule has 1 saturated carbocycles. The van der Waals surface area contributed by atoms with Crippen molar-refractivity contribution >= 4 is 6.09 Å². The maximum atomic E-state index is 11.1. The number of aliphatic hydroxyl groups is 1. The Balaban J connectivity index is 2.14. The van der Waals surface area contributed by atoms with Gasteiger partial charge in [-0.2, -0.15) is 0 Å². The van der Waals surface area contributed by atoms with Crippen LogP contribution in [0, 0.1) is 5.92 Å². The Bertz CT molecular complexity index is 275. The van der Waals surface area contributed by atoms with E-state index >= 15 is 0 Å². The number of carboxylic acid groups (broad SMARTS) is 1. The zero-order chi connectivity index (χ0) is 11.2. The predicted octanol–water partition coefficient (Wildman–Crippen LogP) is 0.872. The van der Waals surface area contributed by atoms with Gasteiger partial charge in [-0.25, -0.2) is 4.79 Å². The largest absolute Gasteiger partial charge is 0.465 e. The molecule has 1 unspecified atom stereocenters. The van der Waals surface area contributed by atoms with E-state index in [1.165, 1.54) is 4.90 Å². The normalized spacial score (nSPS) is 31.7. The first-order valence-corrected chi connectivity index (χ1v) is 5.28. The summed E-state index contributed by atoms with van der Waals surface area (Å²) < 4.78 is 5.41. The quantitative estimate of drug-likeness (QED) is 0.717. The molecule has 1 saturated heterocycles. The molecule has 5 heteroatoms. The molecule has 1 amide bonds. The molecule has 1 aliphatic heterocycles. The minimum atomic E-state index is -1.03. The van der Waals surface area contributed by atoms with Crippen LogP contribution in [0.15, 0.2) is 0 Å². The minimum Gasteiger partial charge on any atom is -0.465 e. The average molecular weight is 215 g/mol. The molecule has 0 aromatic heterocycles. The van der Waals surface area contributed by atoms with Gasteiger partial charge >= 0.3 is 6.09 Å². The van der Waals surface area contributed by atoms with Crippen molar-refractivity contribution in [2.24, 2.45) is 5.92 Å². The van der Waals surface area contributed by atoms with Crippen molar-refractivity contribution < 1.29 is 19.7 Å². The average Bonchev–Trinajstić information content (AvgIpc) is 2.88. The number of rotatable bonds is 2. The van der Waals surface area contributed by atoms with Gasteiger partial charge in [-0.3, -0.25) is 4.90 Å². The first-order valence-electron chi connectivity index (χ1n) is 5.28. The maximum absolute atomic E-state index is 11.1. The number of carbonyl (C=O) groups is 1. The Morgan fingerprint density at radius 3 is 2.60 bits per heavy atom. The van der Waals surface area contributed by atoms with Gasteiger partial charge in [0.2, 0.25) is 0 Å². The molecule has 86 valence electrons. The topological polar surface area (TPSA) is 70.0 Å². The Labute approximate surface area is 88.6 Å². The Morgan fingerprint density at radius 2 is 2.13 bits per heavy atom. The summed E-state index contributed by atoms with van der Waals surface area (Å²) in [4.78, 5) is 12.3. The molecule has 0 aromatic rings. The molecule has 0 aromatic carbocycles. The van der Waals surface area contributed by atoms with Crippen molar-refractivity contribution in [2.75, 3.05) is 6.61 Å². The van der Waals surface area contributed by atoms with E-state index in [0.29, 0.717) is 0 Å². The summed E-state index contributed by atoms with van der Waals surface area (Å²) in [6, 6.07) is -0.412. The summed E-state index contributed by atoms with van der Waals surface area (Å²) in [5.41, 5.74) is -0.827. The SMILES string of the molecule is CC1(C)OC[C@@H](C(O)C2CC2)N1C(=O)O. The van der Waals surface area contributed by atoms with Crippen LogP contribution in [-0.4, -0.2) is 45.7 Å². The van der Waals surface area contributed by atoms with Crippen LogP contribution in [0.25, 0.3) is 0 Å². The van der Waals surface area contributed by atoms with Crippen LogP contribution in [0.4, 0.5) is 4.79 Å². The number of nitrogens with zero attached hydrogens (tertiary/aromatic N) is 1. The third-order valence-electron chi connectivity index (χ3n) is 3.22. The van der Waals surface area contributed by atoms with Crippen molar-refractivity contribution in [3.63, 3.8) is 0 Å². The second kappa shape index (κ2) is 3.35. The lowest BCUT2D eigenvalue weighted by atomic mass is 10.1. The Kier molecular flexibility index (Phi) is 2.39. The Morgan fingerprint density at radius 1 is 1.53 bits per heavy atom. The molecule has 2 rings (SSSR count). The zero-order valence-electron chi connectivity index (χ0n) is 9.01. The van der Waals surface area contributed by atoms with Gasteiger partial charge in [0.15, 0.2) is 0 Å². The lowest BCUT2D eigenvalue weighted by molar-refractivity contribution is -0.0474. The summed E-state index contributed by atoms with van der Waals surface area (Å²) in [6.45, 7) is 3.71. The first-order chi connectivity index (χ1) is 6.93. The van der Waals surface area contributed by atoms with E-state index in [0.717, 1.165) is 12.8 Å². The minimum absolute atomic E-state index is 0.259. The highest BCUT2D eigenvalue weighted by atomic mass is 16.5. The lowest BCUT2D eigenvalue weighted by Crippen LogP contribution is -2.51. The molecule has 5 nitrogen and oxygen atoms in total. The second-order valence-corrected chi connectivity index (χ2v) is 4.81. The summed E-state index contributed by atoms with van der Waals surface area (Å²) in [5, 5.41) is 19.1. The van der Waals surface area contributed by atoms with Gasteiger partial charge in [0.1, 0.15) is 5.72 Å². The van der Waals surface area contributed by atoms with Gasteiger partial charge in [-0.1, -0.05) is 0 Å². The molecule has 0 bridgehead atoms. The van der Waals surface area contributed by atoms with E-state index < -0.39 is 24.0 Å². The van der Waals surface area contributed by atoms with Crippen LogP contribution in [0.2, 0.25) is 0 Å². The summed E-state index contributed by atoms with van der Waals surface area (Å²) in [5.74, 6) is 0.259. The predicted molar refractivity (Wildman–Crippen MR) is 52.4 cm³/mol. The van der Waals surface area contributed by atoms with Crippen LogP contribution in [-0.2, 0) is 4.74 Å². The van der Waals surface area contributed by atoms with Crippen molar-refractivity contribution in [3.05, 3.63) is 0 Å². The lowest BCUT2D eigenvalue weighted by Gasteiger charge is -2.32. The smallest absolute Gasteiger partial charge is 0.409 e. The summed E-state index contributed by atoms with van der Waals surface area (Å²) in [7, 11) is 0. The molecule has 2 aliphatic rings. The molecule has 0 radical (unpaired) electrons. The number of hydrogen-bond donors (Lipinski definition) is 2. The molecule has 2 N–H and O–H groups in total. The van der Waals surface area contributed by atoms with E-state index in [-0.39, 0.29) is 12.5 Å². The van der Waals surface area contributed by atoms with Crippen LogP contribution >= 0.6 is 0 Å². The maximum Gasteiger partial charge on any atom is 0.409 e. The number of ether oxygens (including phenoxy) is 1. The van der Waals surface area contributed by atoms with E-state index in [1.54, 1.807) is 13.8 Å². The molecular weight excluding hydrogens is 198 g/mol. The molecule has 1 aliphatic carbocycles. The van der Waals surface area contributed by atoms with E-state index in [1.807, 2.05) is 0 Å². The third-order valence-corrected chi connectivity index (χ3v) is 3.22. The molecule has 2 fully saturated rings. The zero-order valence-corrected chi connectivity index (χ0v) is 9.01. The molecule has 15 heavy (non-hydrogen) atoms. The van der Waals surface area contributed by atoms with E-state index in [2.05, 4.69) is 0 Å². The fourth-order valence-corrected chi connectivity index (χ4v) is 2.21. The highest BCUT2D eigenvalue weighted by Gasteiger charge is 2.50. The van der Waals surface area contributed by atoms with E-state index in [4.69, 9.17) is 9.84 Å². The van der Waals surface area contributed by atoms with Crippen LogP contribution in [0.3, 0.4) is 0 Å². The number of hydrogen-bond acceptors (Lipinski definition) is 3. The highest BCUT2D eigenvalue weighted by molar-refractivity contribution is 5.66. The fourth-order valence-electron chi connectivity index (χ4n) is 2.21. The highest BCUT2D eigenvalue weighted by Crippen LogP contribution is 2.39. The van der Waals surface area contributed by atoms with Gasteiger partial charge < -0.3 is 14.9 Å².